The molecular weight excluding hydrogens is 212 g/mol. The van der Waals surface area contributed by atoms with E-state index in [4.69, 9.17) is 18.9 Å². The first-order valence-corrected chi connectivity index (χ1v) is 5.08. The summed E-state index contributed by atoms with van der Waals surface area (Å²) in [6, 6.07) is 0. The molecule has 0 saturated carbocycles. The summed E-state index contributed by atoms with van der Waals surface area (Å²) in [7, 11) is 1.52. The summed E-state index contributed by atoms with van der Waals surface area (Å²) in [4.78, 5) is 10.9. The van der Waals surface area contributed by atoms with Gasteiger partial charge < -0.3 is 23.7 Å². The molecule has 0 N–H and O–H groups in total. The quantitative estimate of drug-likeness (QED) is 0.385. The molecule has 0 bridgehead atoms. The smallest absolute Gasteiger partial charge is 0.164 e. The van der Waals surface area contributed by atoms with Crippen molar-refractivity contribution in [1.82, 2.24) is 0 Å². The van der Waals surface area contributed by atoms with Crippen LogP contribution in [0.1, 0.15) is 13.8 Å². The minimum absolute atomic E-state index is 0.114. The van der Waals surface area contributed by atoms with Gasteiger partial charge in [0.05, 0.1) is 0 Å². The van der Waals surface area contributed by atoms with Crippen molar-refractivity contribution >= 4 is 6.29 Å². The highest BCUT2D eigenvalue weighted by Gasteiger charge is 2.44. The largest absolute Gasteiger partial charge is 0.359 e. The van der Waals surface area contributed by atoms with Gasteiger partial charge in [-0.05, 0) is 13.8 Å². The lowest BCUT2D eigenvalue weighted by Crippen LogP contribution is -2.37. The van der Waals surface area contributed by atoms with Crippen LogP contribution in [0, 0.1) is 0 Å². The molecule has 1 aliphatic heterocycles. The van der Waals surface area contributed by atoms with E-state index in [0.717, 1.165) is 0 Å². The first-order valence-electron chi connectivity index (χ1n) is 5.08. The molecule has 1 rings (SSSR count). The van der Waals surface area contributed by atoms with Gasteiger partial charge >= 0.3 is 0 Å². The number of rotatable bonds is 6. The summed E-state index contributed by atoms with van der Waals surface area (Å²) in [5.41, 5.74) is 0. The predicted molar refractivity (Wildman–Crippen MR) is 56.8 cm³/mol. The van der Waals surface area contributed by atoms with Crippen molar-refractivity contribution in [3.8, 4) is 0 Å². The normalized spacial score (nSPS) is 29.9. The van der Waals surface area contributed by atoms with Crippen molar-refractivity contribution in [3.05, 3.63) is 12.7 Å². The van der Waals surface area contributed by atoms with Gasteiger partial charge in [-0.2, -0.15) is 0 Å². The Labute approximate surface area is 95.3 Å². The Bertz CT molecular complexity index is 251. The Kier molecular flexibility index (Phi) is 4.61. The maximum atomic E-state index is 10.9. The molecule has 1 saturated heterocycles. The lowest BCUT2D eigenvalue weighted by atomic mass is 10.1. The van der Waals surface area contributed by atoms with Crippen LogP contribution in [0.2, 0.25) is 0 Å². The van der Waals surface area contributed by atoms with E-state index in [1.165, 1.54) is 7.11 Å². The Hall–Kier alpha value is -0.750. The molecule has 1 heterocycles. The van der Waals surface area contributed by atoms with Gasteiger partial charge in [0.2, 0.25) is 0 Å². The van der Waals surface area contributed by atoms with E-state index in [9.17, 15) is 4.79 Å². The summed E-state index contributed by atoms with van der Waals surface area (Å²) in [6.07, 6.45) is 0.726. The number of carbonyl (C=O) groups excluding carboxylic acids is 1. The third-order valence-corrected chi connectivity index (χ3v) is 2.23. The van der Waals surface area contributed by atoms with Crippen LogP contribution in [-0.2, 0) is 23.7 Å². The summed E-state index contributed by atoms with van der Waals surface area (Å²) >= 11 is 0. The maximum Gasteiger partial charge on any atom is 0.164 e. The zero-order chi connectivity index (χ0) is 12.2. The molecule has 1 fully saturated rings. The van der Waals surface area contributed by atoms with E-state index < -0.39 is 24.1 Å². The number of carbonyl (C=O) groups is 1. The molecule has 0 aliphatic carbocycles. The summed E-state index contributed by atoms with van der Waals surface area (Å²) in [5, 5.41) is 0. The van der Waals surface area contributed by atoms with Crippen LogP contribution in [0.15, 0.2) is 12.7 Å². The van der Waals surface area contributed by atoms with Crippen LogP contribution in [-0.4, -0.2) is 44.3 Å². The van der Waals surface area contributed by atoms with E-state index in [-0.39, 0.29) is 6.79 Å². The minimum atomic E-state index is -0.784. The standard InChI is InChI=1S/C11H18O5/c1-5-8(14-7-13-4)10-9(6-12)15-11(2,3)16-10/h5-6,8-10H,1,7H2,2-4H3/t8-,9-,10-/m0/s1. The van der Waals surface area contributed by atoms with Gasteiger partial charge in [-0.25, -0.2) is 0 Å². The fourth-order valence-electron chi connectivity index (χ4n) is 1.62. The number of ether oxygens (including phenoxy) is 4. The van der Waals surface area contributed by atoms with Crippen molar-refractivity contribution in [2.24, 2.45) is 0 Å². The van der Waals surface area contributed by atoms with E-state index in [1.807, 2.05) is 0 Å². The second kappa shape index (κ2) is 5.54. The van der Waals surface area contributed by atoms with Crippen LogP contribution in [0.25, 0.3) is 0 Å². The predicted octanol–water partition coefficient (Wildman–Crippen LogP) is 0.880. The highest BCUT2D eigenvalue weighted by atomic mass is 16.8. The van der Waals surface area contributed by atoms with E-state index in [1.54, 1.807) is 19.9 Å². The Morgan fingerprint density at radius 1 is 1.50 bits per heavy atom. The molecule has 0 unspecified atom stereocenters. The SMILES string of the molecule is C=C[C@H](OCOC)[C@@H]1OC(C)(C)O[C@H]1C=O. The van der Waals surface area contributed by atoms with Gasteiger partial charge in [-0.3, -0.25) is 0 Å². The number of hydrogen-bond acceptors (Lipinski definition) is 5. The van der Waals surface area contributed by atoms with Gasteiger partial charge in [0, 0.05) is 7.11 Å². The zero-order valence-electron chi connectivity index (χ0n) is 9.84. The van der Waals surface area contributed by atoms with Gasteiger partial charge in [-0.15, -0.1) is 6.58 Å². The van der Waals surface area contributed by atoms with Crippen molar-refractivity contribution in [3.63, 3.8) is 0 Å². The van der Waals surface area contributed by atoms with Crippen molar-refractivity contribution < 1.29 is 23.7 Å². The van der Waals surface area contributed by atoms with Crippen molar-refractivity contribution in [2.75, 3.05) is 13.9 Å². The van der Waals surface area contributed by atoms with Crippen LogP contribution >= 0.6 is 0 Å². The molecule has 5 nitrogen and oxygen atoms in total. The highest BCUT2D eigenvalue weighted by molar-refractivity contribution is 5.58. The number of methoxy groups -OCH3 is 1. The summed E-state index contributed by atoms with van der Waals surface area (Å²) in [6.45, 7) is 7.26. The fourth-order valence-corrected chi connectivity index (χ4v) is 1.62. The molecule has 92 valence electrons. The lowest BCUT2D eigenvalue weighted by molar-refractivity contribution is -0.163. The topological polar surface area (TPSA) is 54.0 Å². The Balaban J connectivity index is 2.68. The summed E-state index contributed by atoms with van der Waals surface area (Å²) < 4.78 is 21.2. The molecule has 16 heavy (non-hydrogen) atoms. The maximum absolute atomic E-state index is 10.9. The van der Waals surface area contributed by atoms with Gasteiger partial charge in [0.25, 0.3) is 0 Å². The Morgan fingerprint density at radius 2 is 2.19 bits per heavy atom. The first-order chi connectivity index (χ1) is 7.54. The fraction of sp³-hybridized carbons (Fsp3) is 0.727. The number of hydrogen-bond donors (Lipinski definition) is 0. The Morgan fingerprint density at radius 3 is 2.69 bits per heavy atom. The van der Waals surface area contributed by atoms with Gasteiger partial charge in [-0.1, -0.05) is 6.08 Å². The van der Waals surface area contributed by atoms with Crippen molar-refractivity contribution in [2.45, 2.75) is 37.9 Å². The lowest BCUT2D eigenvalue weighted by Gasteiger charge is -2.22. The number of aldehydes is 1. The average molecular weight is 230 g/mol. The van der Waals surface area contributed by atoms with Crippen molar-refractivity contribution in [1.29, 1.82) is 0 Å². The molecule has 5 heteroatoms. The molecule has 1 aliphatic rings. The van der Waals surface area contributed by atoms with Gasteiger partial charge in [0.15, 0.2) is 12.1 Å². The molecule has 0 spiro atoms. The van der Waals surface area contributed by atoms with Crippen LogP contribution in [0.4, 0.5) is 0 Å². The second-order valence-corrected chi connectivity index (χ2v) is 3.97. The molecule has 0 aromatic rings. The monoisotopic (exact) mass is 230 g/mol. The van der Waals surface area contributed by atoms with Crippen LogP contribution in [0.5, 0.6) is 0 Å². The molecule has 3 atom stereocenters. The van der Waals surface area contributed by atoms with Gasteiger partial charge in [0.1, 0.15) is 25.1 Å². The van der Waals surface area contributed by atoms with E-state index in [0.29, 0.717) is 6.29 Å². The molecule has 0 aromatic heterocycles. The van der Waals surface area contributed by atoms with Crippen LogP contribution in [0.3, 0.4) is 0 Å². The second-order valence-electron chi connectivity index (χ2n) is 3.97. The molecule has 0 aromatic carbocycles. The zero-order valence-corrected chi connectivity index (χ0v) is 9.84. The summed E-state index contributed by atoms with van der Waals surface area (Å²) in [5.74, 6) is -0.784. The third kappa shape index (κ3) is 3.12. The molecular formula is C11H18O5. The van der Waals surface area contributed by atoms with E-state index in [2.05, 4.69) is 6.58 Å². The van der Waals surface area contributed by atoms with Crippen LogP contribution < -0.4 is 0 Å². The first kappa shape index (κ1) is 13.3. The third-order valence-electron chi connectivity index (χ3n) is 2.23. The molecule has 0 amide bonds. The molecule has 0 radical (unpaired) electrons. The average Bonchev–Trinajstić information content (AvgIpc) is 2.55. The highest BCUT2D eigenvalue weighted by Crippen LogP contribution is 2.30. The van der Waals surface area contributed by atoms with E-state index >= 15 is 0 Å². The minimum Gasteiger partial charge on any atom is -0.359 e.